The minimum absolute atomic E-state index is 0.525. The number of hydrogen-bond acceptors (Lipinski definition) is 6. The molecule has 0 atom stereocenters. The van der Waals surface area contributed by atoms with Crippen molar-refractivity contribution in [2.24, 2.45) is 0 Å². The van der Waals surface area contributed by atoms with Crippen LogP contribution in [0.2, 0.25) is 0 Å². The first-order chi connectivity index (χ1) is 34.2. The lowest BCUT2D eigenvalue weighted by Crippen LogP contribution is -2.07. The molecule has 0 N–H and O–H groups in total. The van der Waals surface area contributed by atoms with Crippen LogP contribution in [0.25, 0.3) is 129 Å². The van der Waals surface area contributed by atoms with E-state index in [9.17, 15) is 0 Å². The molecule has 0 radical (unpaired) electrons. The number of nitrogens with zero attached hydrogens (tertiary/aromatic N) is 9. The van der Waals surface area contributed by atoms with Gasteiger partial charge in [0.25, 0.3) is 0 Å². The molecule has 0 aliphatic carbocycles. The Morgan fingerprint density at radius 1 is 0.232 bits per heavy atom. The second-order valence-electron chi connectivity index (χ2n) is 17.1. The van der Waals surface area contributed by atoms with Crippen LogP contribution in [0.15, 0.2) is 224 Å². The van der Waals surface area contributed by atoms with Gasteiger partial charge in [-0.3, -0.25) is 9.13 Å². The van der Waals surface area contributed by atoms with E-state index in [1.165, 1.54) is 5.39 Å². The predicted molar refractivity (Wildman–Crippen MR) is 278 cm³/mol. The van der Waals surface area contributed by atoms with Gasteiger partial charge in [0.2, 0.25) is 11.9 Å². The van der Waals surface area contributed by atoms with Crippen molar-refractivity contribution in [3.8, 4) is 63.1 Å². The zero-order valence-electron chi connectivity index (χ0n) is 36.9. The largest absolute Gasteiger partial charge is 0.307 e. The summed E-state index contributed by atoms with van der Waals surface area (Å²) in [5.74, 6) is 3.38. The van der Waals surface area contributed by atoms with Crippen molar-refractivity contribution in [2.45, 2.75) is 0 Å². The smallest absolute Gasteiger partial charge is 0.238 e. The van der Waals surface area contributed by atoms with Gasteiger partial charge < -0.3 is 4.57 Å². The number of para-hydroxylation sites is 4. The minimum atomic E-state index is 0.525. The molecule has 0 bridgehead atoms. The molecular formula is C60H37N9. The van der Waals surface area contributed by atoms with E-state index >= 15 is 0 Å². The quantitative estimate of drug-likeness (QED) is 0.158. The van der Waals surface area contributed by atoms with Crippen molar-refractivity contribution in [3.63, 3.8) is 0 Å². The van der Waals surface area contributed by atoms with E-state index < -0.39 is 0 Å². The summed E-state index contributed by atoms with van der Waals surface area (Å²) in [4.78, 5) is 31.4. The molecule has 9 heteroatoms. The van der Waals surface area contributed by atoms with E-state index in [0.717, 1.165) is 88.0 Å². The van der Waals surface area contributed by atoms with E-state index in [1.54, 1.807) is 0 Å². The van der Waals surface area contributed by atoms with Crippen LogP contribution in [0.4, 0.5) is 0 Å². The van der Waals surface area contributed by atoms with E-state index in [2.05, 4.69) is 159 Å². The van der Waals surface area contributed by atoms with Gasteiger partial charge in [0.05, 0.1) is 33.1 Å². The Bertz CT molecular complexity index is 4230. The first kappa shape index (κ1) is 38.6. The second-order valence-corrected chi connectivity index (χ2v) is 17.1. The van der Waals surface area contributed by atoms with Crippen molar-refractivity contribution in [1.82, 2.24) is 43.6 Å². The maximum atomic E-state index is 5.47. The van der Waals surface area contributed by atoms with Gasteiger partial charge in [-0.15, -0.1) is 0 Å². The topological polar surface area (TPSA) is 92.1 Å². The molecule has 0 aliphatic rings. The zero-order chi connectivity index (χ0) is 45.4. The molecule has 0 amide bonds. The Hall–Kier alpha value is -9.60. The van der Waals surface area contributed by atoms with Gasteiger partial charge in [-0.2, -0.15) is 19.9 Å². The summed E-state index contributed by atoms with van der Waals surface area (Å²) in [6, 6.07) is 77.4. The molecule has 0 spiro atoms. The average Bonchev–Trinajstić information content (AvgIpc) is 4.07. The number of hydrogen-bond donors (Lipinski definition) is 0. The van der Waals surface area contributed by atoms with Crippen LogP contribution < -0.4 is 0 Å². The van der Waals surface area contributed by atoms with Gasteiger partial charge in [0.1, 0.15) is 0 Å². The highest BCUT2D eigenvalue weighted by Crippen LogP contribution is 2.42. The van der Waals surface area contributed by atoms with Crippen LogP contribution in [0.1, 0.15) is 0 Å². The van der Waals surface area contributed by atoms with Crippen LogP contribution in [-0.4, -0.2) is 43.6 Å². The summed E-state index contributed by atoms with van der Waals surface area (Å²) in [5.41, 5.74) is 10.8. The van der Waals surface area contributed by atoms with E-state index in [0.29, 0.717) is 35.2 Å². The van der Waals surface area contributed by atoms with E-state index in [1.807, 2.05) is 78.9 Å². The highest BCUT2D eigenvalue weighted by atomic mass is 15.2. The van der Waals surface area contributed by atoms with Crippen molar-refractivity contribution >= 4 is 65.4 Å². The van der Waals surface area contributed by atoms with E-state index in [4.69, 9.17) is 29.9 Å². The molecule has 5 aromatic heterocycles. The molecule has 0 fully saturated rings. The SMILES string of the molecule is c1ccc(-c2nc(-c3ccccc3)nc(-n3c4ccccc4c4cc(-c5nc(-c6ccccc6)nc(-n6c7ccccc7c7ccc8c9ccccc9n(-c9ccccc9)c8c76)n5)ccc43)n2)cc1. The summed E-state index contributed by atoms with van der Waals surface area (Å²) >= 11 is 0. The van der Waals surface area contributed by atoms with Gasteiger partial charge in [-0.1, -0.05) is 176 Å². The normalized spacial score (nSPS) is 11.8. The lowest BCUT2D eigenvalue weighted by Gasteiger charge is -2.13. The van der Waals surface area contributed by atoms with Crippen LogP contribution in [0.3, 0.4) is 0 Å². The number of rotatable bonds is 7. The molecule has 0 aliphatic heterocycles. The number of fused-ring (bicyclic) bond motifs is 10. The van der Waals surface area contributed by atoms with Crippen LogP contribution in [0.5, 0.6) is 0 Å². The lowest BCUT2D eigenvalue weighted by molar-refractivity contribution is 0.952. The standard InChI is InChI=1S/C60H37N9/c1-5-19-38(20-6-1)55-61-56(39-21-7-2-8-22-39)64-59(63-55)68-50-31-17-15-29-45(50)48-37-41(33-36-52(48)68)58-62-57(40-23-9-3-10-24-40)65-60(66-58)69-51-32-18-14-28-44(51)47-35-34-46-43-27-13-16-30-49(43)67(53(46)54(47)69)42-25-11-4-12-26-42/h1-37H. The summed E-state index contributed by atoms with van der Waals surface area (Å²) in [6.07, 6.45) is 0. The van der Waals surface area contributed by atoms with E-state index in [-0.39, 0.29) is 0 Å². The van der Waals surface area contributed by atoms with Crippen molar-refractivity contribution in [3.05, 3.63) is 224 Å². The van der Waals surface area contributed by atoms with Gasteiger partial charge in [0.15, 0.2) is 23.3 Å². The van der Waals surface area contributed by atoms with Crippen molar-refractivity contribution in [1.29, 1.82) is 0 Å². The molecule has 5 heterocycles. The molecule has 322 valence electrons. The maximum absolute atomic E-state index is 5.47. The molecule has 9 aromatic carbocycles. The Morgan fingerprint density at radius 2 is 0.594 bits per heavy atom. The average molecular weight is 884 g/mol. The van der Waals surface area contributed by atoms with Crippen molar-refractivity contribution in [2.75, 3.05) is 0 Å². The molecule has 9 nitrogen and oxygen atoms in total. The third-order valence-corrected chi connectivity index (χ3v) is 13.2. The van der Waals surface area contributed by atoms with Gasteiger partial charge >= 0.3 is 0 Å². The Morgan fingerprint density at radius 3 is 1.10 bits per heavy atom. The highest BCUT2D eigenvalue weighted by Gasteiger charge is 2.24. The fourth-order valence-corrected chi connectivity index (χ4v) is 10.1. The minimum Gasteiger partial charge on any atom is -0.307 e. The monoisotopic (exact) mass is 883 g/mol. The van der Waals surface area contributed by atoms with Gasteiger partial charge in [-0.25, -0.2) is 9.97 Å². The maximum Gasteiger partial charge on any atom is 0.238 e. The Labute approximate surface area is 394 Å². The Kier molecular flexibility index (Phi) is 8.68. The van der Waals surface area contributed by atoms with Gasteiger partial charge in [0, 0.05) is 60.3 Å². The molecule has 14 aromatic rings. The molecule has 69 heavy (non-hydrogen) atoms. The van der Waals surface area contributed by atoms with Crippen LogP contribution in [-0.2, 0) is 0 Å². The predicted octanol–water partition coefficient (Wildman–Crippen LogP) is 14.0. The molecule has 0 saturated heterocycles. The fraction of sp³-hybridized carbons (Fsp3) is 0. The summed E-state index contributed by atoms with van der Waals surface area (Å²) < 4.78 is 6.76. The summed E-state index contributed by atoms with van der Waals surface area (Å²) in [5, 5.41) is 6.61. The number of benzene rings is 9. The third kappa shape index (κ3) is 6.18. The van der Waals surface area contributed by atoms with Crippen LogP contribution >= 0.6 is 0 Å². The summed E-state index contributed by atoms with van der Waals surface area (Å²) in [6.45, 7) is 0. The second kappa shape index (κ2) is 15.5. The van der Waals surface area contributed by atoms with Crippen LogP contribution in [0, 0.1) is 0 Å². The first-order valence-corrected chi connectivity index (χ1v) is 23.0. The highest BCUT2D eigenvalue weighted by molar-refractivity contribution is 6.23. The summed E-state index contributed by atoms with van der Waals surface area (Å²) in [7, 11) is 0. The zero-order valence-corrected chi connectivity index (χ0v) is 36.9. The number of aromatic nitrogens is 9. The lowest BCUT2D eigenvalue weighted by atomic mass is 10.1. The first-order valence-electron chi connectivity index (χ1n) is 23.0. The molecule has 0 unspecified atom stereocenters. The molecule has 14 rings (SSSR count). The molecule has 0 saturated carbocycles. The third-order valence-electron chi connectivity index (χ3n) is 13.2. The van der Waals surface area contributed by atoms with Gasteiger partial charge in [-0.05, 0) is 48.5 Å². The Balaban J connectivity index is 1.03. The fourth-order valence-electron chi connectivity index (χ4n) is 10.1. The molecular weight excluding hydrogens is 847 g/mol. The van der Waals surface area contributed by atoms with Crippen molar-refractivity contribution < 1.29 is 0 Å².